The summed E-state index contributed by atoms with van der Waals surface area (Å²) < 4.78 is 60.4. The van der Waals surface area contributed by atoms with Gasteiger partial charge in [-0.1, -0.05) is 12.1 Å². The van der Waals surface area contributed by atoms with Crippen molar-refractivity contribution < 1.29 is 52.1 Å². The molecule has 0 saturated carbocycles. The molecule has 0 aliphatic rings. The first kappa shape index (κ1) is 38.5. The minimum Gasteiger partial charge on any atom is -0.491 e. The highest BCUT2D eigenvalue weighted by atomic mass is 16.6. The van der Waals surface area contributed by atoms with Crippen LogP contribution in [0.4, 0.5) is 11.4 Å². The summed E-state index contributed by atoms with van der Waals surface area (Å²) >= 11 is 0. The van der Waals surface area contributed by atoms with Gasteiger partial charge in [-0.25, -0.2) is 0 Å². The molecule has 0 spiro atoms. The Morgan fingerprint density at radius 1 is 0.333 bits per heavy atom. The molecule has 0 radical (unpaired) electrons. The van der Waals surface area contributed by atoms with Gasteiger partial charge in [0.15, 0.2) is 0 Å². The molecule has 2 rings (SSSR count). The average molecular weight is 641 g/mol. The molecule has 0 amide bonds. The molecule has 0 fully saturated rings. The maximum absolute atomic E-state index is 5.82. The quantitative estimate of drug-likeness (QED) is 0.0890. The summed E-state index contributed by atoms with van der Waals surface area (Å²) in [5.41, 5.74) is 12.8. The number of para-hydroxylation sites is 2. The monoisotopic (exact) mass is 640 g/mol. The lowest BCUT2D eigenvalue weighted by atomic mass is 10.3. The predicted octanol–water partition coefficient (Wildman–Crippen LogP) is 2.46. The largest absolute Gasteiger partial charge is 0.491 e. The molecule has 0 heterocycles. The molecule has 0 aliphatic heterocycles. The first-order valence-electron chi connectivity index (χ1n) is 15.4. The van der Waals surface area contributed by atoms with E-state index in [0.717, 1.165) is 5.75 Å². The zero-order chi connectivity index (χ0) is 31.9. The van der Waals surface area contributed by atoms with Crippen LogP contribution in [-0.4, -0.2) is 132 Å². The first-order valence-corrected chi connectivity index (χ1v) is 15.4. The Balaban J connectivity index is 1.16. The predicted molar refractivity (Wildman–Crippen MR) is 170 cm³/mol. The van der Waals surface area contributed by atoms with Crippen LogP contribution in [0.15, 0.2) is 48.5 Å². The maximum Gasteiger partial charge on any atom is 0.142 e. The van der Waals surface area contributed by atoms with Crippen molar-refractivity contribution in [3.8, 4) is 11.5 Å². The number of hydrogen-bond acceptors (Lipinski definition) is 13. The zero-order valence-electron chi connectivity index (χ0n) is 26.4. The van der Waals surface area contributed by atoms with E-state index in [1.54, 1.807) is 18.2 Å². The molecular weight excluding hydrogens is 588 g/mol. The Morgan fingerprint density at radius 2 is 0.644 bits per heavy atom. The molecule has 45 heavy (non-hydrogen) atoms. The number of hydrogen-bond donors (Lipinski definition) is 2. The summed E-state index contributed by atoms with van der Waals surface area (Å²) in [5.74, 6) is 1.44. The average Bonchev–Trinajstić information content (AvgIpc) is 3.05. The van der Waals surface area contributed by atoms with Gasteiger partial charge < -0.3 is 63.6 Å². The maximum atomic E-state index is 5.82. The Hall–Kier alpha value is -2.72. The summed E-state index contributed by atoms with van der Waals surface area (Å²) in [6, 6.07) is 14.6. The second-order valence-corrected chi connectivity index (χ2v) is 9.32. The van der Waals surface area contributed by atoms with Gasteiger partial charge in [-0.05, 0) is 36.4 Å². The van der Waals surface area contributed by atoms with E-state index in [0.29, 0.717) is 149 Å². The van der Waals surface area contributed by atoms with Gasteiger partial charge in [-0.2, -0.15) is 0 Å². The summed E-state index contributed by atoms with van der Waals surface area (Å²) in [6.07, 6.45) is 0. The molecule has 0 unspecified atom stereocenters. The number of benzene rings is 2. The van der Waals surface area contributed by atoms with Crippen LogP contribution in [0.2, 0.25) is 0 Å². The highest BCUT2D eigenvalue weighted by Crippen LogP contribution is 2.19. The van der Waals surface area contributed by atoms with Crippen molar-refractivity contribution in [1.82, 2.24) is 0 Å². The number of nitrogen functional groups attached to an aromatic ring is 2. The Kier molecular flexibility index (Phi) is 24.6. The van der Waals surface area contributed by atoms with Crippen LogP contribution in [0.25, 0.3) is 0 Å². The van der Waals surface area contributed by atoms with Gasteiger partial charge in [-0.3, -0.25) is 0 Å². The summed E-state index contributed by atoms with van der Waals surface area (Å²) in [5, 5.41) is 0. The lowest BCUT2D eigenvalue weighted by molar-refractivity contribution is -0.0257. The Morgan fingerprint density at radius 3 is 1.00 bits per heavy atom. The molecular formula is C32H52N2O11. The lowest BCUT2D eigenvalue weighted by Crippen LogP contribution is -2.15. The smallest absolute Gasteiger partial charge is 0.142 e. The van der Waals surface area contributed by atoms with Gasteiger partial charge in [0.2, 0.25) is 0 Å². The van der Waals surface area contributed by atoms with E-state index in [-0.39, 0.29) is 0 Å². The normalized spacial score (nSPS) is 11.2. The van der Waals surface area contributed by atoms with E-state index in [1.807, 2.05) is 30.3 Å². The van der Waals surface area contributed by atoms with Gasteiger partial charge in [0.25, 0.3) is 0 Å². The van der Waals surface area contributed by atoms with Crippen molar-refractivity contribution in [3.05, 3.63) is 48.5 Å². The molecule has 0 bridgehead atoms. The minimum absolute atomic E-state index is 0.437. The molecule has 2 aromatic rings. The summed E-state index contributed by atoms with van der Waals surface area (Å²) in [6.45, 7) is 9.92. The Labute approximate surface area is 267 Å². The van der Waals surface area contributed by atoms with Gasteiger partial charge in [0, 0.05) is 5.69 Å². The Bertz CT molecular complexity index is 924. The number of rotatable bonds is 32. The van der Waals surface area contributed by atoms with E-state index in [1.165, 1.54) is 0 Å². The van der Waals surface area contributed by atoms with Crippen LogP contribution in [-0.2, 0) is 42.6 Å². The van der Waals surface area contributed by atoms with Crippen LogP contribution in [0.1, 0.15) is 0 Å². The second kappa shape index (κ2) is 28.7. The fourth-order valence-electron chi connectivity index (χ4n) is 3.47. The van der Waals surface area contributed by atoms with Crippen LogP contribution >= 0.6 is 0 Å². The van der Waals surface area contributed by atoms with Crippen LogP contribution in [0.5, 0.6) is 11.5 Å². The van der Waals surface area contributed by atoms with Crippen molar-refractivity contribution >= 4 is 11.4 Å². The highest BCUT2D eigenvalue weighted by Gasteiger charge is 1.99. The highest BCUT2D eigenvalue weighted by molar-refractivity contribution is 5.51. The number of nitrogens with two attached hydrogens (primary N) is 2. The van der Waals surface area contributed by atoms with E-state index in [9.17, 15) is 0 Å². The van der Waals surface area contributed by atoms with Crippen molar-refractivity contribution in [2.75, 3.05) is 144 Å². The lowest BCUT2D eigenvalue weighted by Gasteiger charge is -2.10. The van der Waals surface area contributed by atoms with E-state index < -0.39 is 0 Å². The fourth-order valence-corrected chi connectivity index (χ4v) is 3.47. The van der Waals surface area contributed by atoms with E-state index >= 15 is 0 Å². The van der Waals surface area contributed by atoms with E-state index in [4.69, 9.17) is 63.6 Å². The standard InChI is InChI=1S/C32H52N2O11/c33-29-5-7-30(8-6-29)44-27-25-42-23-21-40-19-17-38-15-13-36-11-9-35-10-12-37-14-16-39-18-20-41-22-24-43-26-28-45-32-4-2-1-3-31(32)34/h1-8H,9-28,33-34H2. The summed E-state index contributed by atoms with van der Waals surface area (Å²) in [4.78, 5) is 0. The van der Waals surface area contributed by atoms with Crippen LogP contribution in [0.3, 0.4) is 0 Å². The molecule has 2 aromatic carbocycles. The minimum atomic E-state index is 0.437. The molecule has 0 saturated heterocycles. The zero-order valence-corrected chi connectivity index (χ0v) is 26.4. The van der Waals surface area contributed by atoms with Gasteiger partial charge in [0.05, 0.1) is 125 Å². The molecule has 256 valence electrons. The molecule has 4 N–H and O–H groups in total. The van der Waals surface area contributed by atoms with Crippen molar-refractivity contribution in [3.63, 3.8) is 0 Å². The third kappa shape index (κ3) is 23.3. The van der Waals surface area contributed by atoms with Crippen LogP contribution in [0, 0.1) is 0 Å². The van der Waals surface area contributed by atoms with Crippen molar-refractivity contribution in [1.29, 1.82) is 0 Å². The topological polar surface area (TPSA) is 154 Å². The van der Waals surface area contributed by atoms with Gasteiger partial charge >= 0.3 is 0 Å². The first-order chi connectivity index (χ1) is 22.3. The number of ether oxygens (including phenoxy) is 11. The molecule has 0 aromatic heterocycles. The fraction of sp³-hybridized carbons (Fsp3) is 0.625. The van der Waals surface area contributed by atoms with Gasteiger partial charge in [-0.15, -0.1) is 0 Å². The van der Waals surface area contributed by atoms with Crippen LogP contribution < -0.4 is 20.9 Å². The van der Waals surface area contributed by atoms with E-state index in [2.05, 4.69) is 0 Å². The second-order valence-electron chi connectivity index (χ2n) is 9.32. The molecule has 13 nitrogen and oxygen atoms in total. The summed E-state index contributed by atoms with van der Waals surface area (Å²) in [7, 11) is 0. The number of anilines is 2. The van der Waals surface area contributed by atoms with Crippen molar-refractivity contribution in [2.45, 2.75) is 0 Å². The SMILES string of the molecule is Nc1ccc(OCCOCCOCCOCCOCCOCCOCCOCCOCCOCCOc2ccccc2N)cc1. The van der Waals surface area contributed by atoms with Gasteiger partial charge in [0.1, 0.15) is 24.7 Å². The molecule has 0 aliphatic carbocycles. The third-order valence-electron chi connectivity index (χ3n) is 5.76. The molecule has 0 atom stereocenters. The third-order valence-corrected chi connectivity index (χ3v) is 5.76. The molecule has 13 heteroatoms. The van der Waals surface area contributed by atoms with Crippen molar-refractivity contribution in [2.24, 2.45) is 0 Å².